The third kappa shape index (κ3) is 4.19. The van der Waals surface area contributed by atoms with Crippen LogP contribution < -0.4 is 10.6 Å². The molecule has 0 bridgehead atoms. The first-order chi connectivity index (χ1) is 12.6. The zero-order valence-corrected chi connectivity index (χ0v) is 14.5. The maximum atomic E-state index is 12.3. The summed E-state index contributed by atoms with van der Waals surface area (Å²) < 4.78 is 0. The Morgan fingerprint density at radius 3 is 2.69 bits per heavy atom. The van der Waals surface area contributed by atoms with Crippen LogP contribution in [0.5, 0.6) is 0 Å². The van der Waals surface area contributed by atoms with Crippen LogP contribution >= 0.6 is 11.6 Å². The van der Waals surface area contributed by atoms with Crippen molar-refractivity contribution >= 4 is 34.4 Å². The van der Waals surface area contributed by atoms with Crippen molar-refractivity contribution in [1.82, 2.24) is 20.6 Å². The number of halogens is 1. The van der Waals surface area contributed by atoms with Gasteiger partial charge in [-0.05, 0) is 35.9 Å². The molecule has 0 radical (unpaired) electrons. The Morgan fingerprint density at radius 1 is 1.19 bits per heavy atom. The van der Waals surface area contributed by atoms with E-state index >= 15 is 0 Å². The average Bonchev–Trinajstić information content (AvgIpc) is 3.13. The molecule has 0 aliphatic carbocycles. The van der Waals surface area contributed by atoms with E-state index in [0.717, 1.165) is 11.1 Å². The highest BCUT2D eigenvalue weighted by Gasteiger charge is 2.20. The van der Waals surface area contributed by atoms with Crippen molar-refractivity contribution in [3.63, 3.8) is 0 Å². The molecular formula is C18H17ClN4O3. The summed E-state index contributed by atoms with van der Waals surface area (Å²) in [6, 6.07) is 10.9. The van der Waals surface area contributed by atoms with Crippen molar-refractivity contribution in [3.05, 3.63) is 64.9 Å². The van der Waals surface area contributed by atoms with Crippen LogP contribution in [0.15, 0.2) is 48.8 Å². The molecular weight excluding hydrogens is 356 g/mol. The van der Waals surface area contributed by atoms with Crippen molar-refractivity contribution in [2.24, 2.45) is 0 Å². The smallest absolute Gasteiger partial charge is 0.252 e. The van der Waals surface area contributed by atoms with Crippen molar-refractivity contribution < 1.29 is 14.7 Å². The van der Waals surface area contributed by atoms with Crippen molar-refractivity contribution in [3.8, 4) is 0 Å². The molecule has 0 spiro atoms. The second-order valence-corrected chi connectivity index (χ2v) is 6.12. The zero-order valence-electron chi connectivity index (χ0n) is 13.7. The third-order valence-electron chi connectivity index (χ3n) is 3.87. The maximum Gasteiger partial charge on any atom is 0.252 e. The number of aliphatic hydroxyl groups is 1. The summed E-state index contributed by atoms with van der Waals surface area (Å²) in [6.07, 6.45) is 1.53. The van der Waals surface area contributed by atoms with Crippen LogP contribution in [-0.2, 0) is 11.3 Å². The van der Waals surface area contributed by atoms with E-state index in [2.05, 4.69) is 20.6 Å². The summed E-state index contributed by atoms with van der Waals surface area (Å²) in [5, 5.41) is 15.3. The summed E-state index contributed by atoms with van der Waals surface area (Å²) in [6.45, 7) is -0.243. The van der Waals surface area contributed by atoms with Crippen LogP contribution in [0.2, 0.25) is 5.02 Å². The van der Waals surface area contributed by atoms with Gasteiger partial charge in [0.25, 0.3) is 5.91 Å². The van der Waals surface area contributed by atoms with Crippen LogP contribution in [0.1, 0.15) is 15.9 Å². The number of amides is 2. The Hall–Kier alpha value is -2.90. The topological polar surface area (TPSA) is 107 Å². The first-order valence-corrected chi connectivity index (χ1v) is 8.31. The Balaban J connectivity index is 1.61. The van der Waals surface area contributed by atoms with E-state index in [1.54, 1.807) is 42.5 Å². The van der Waals surface area contributed by atoms with Gasteiger partial charge in [0.1, 0.15) is 6.04 Å². The highest BCUT2D eigenvalue weighted by atomic mass is 35.5. The monoisotopic (exact) mass is 372 g/mol. The predicted molar refractivity (Wildman–Crippen MR) is 97.7 cm³/mol. The van der Waals surface area contributed by atoms with Crippen LogP contribution in [0.25, 0.3) is 11.0 Å². The molecule has 2 amide bonds. The fourth-order valence-electron chi connectivity index (χ4n) is 2.43. The van der Waals surface area contributed by atoms with Crippen molar-refractivity contribution in [2.45, 2.75) is 12.6 Å². The number of benzene rings is 2. The number of nitrogens with one attached hydrogen (secondary N) is 3. The summed E-state index contributed by atoms with van der Waals surface area (Å²) >= 11 is 5.82. The van der Waals surface area contributed by atoms with E-state index in [1.165, 1.54) is 6.33 Å². The number of aromatic amines is 1. The quantitative estimate of drug-likeness (QED) is 0.527. The lowest BCUT2D eigenvalue weighted by atomic mass is 10.1. The number of carbonyl (C=O) groups excluding carboxylic acids is 2. The molecule has 7 nitrogen and oxygen atoms in total. The van der Waals surface area contributed by atoms with Gasteiger partial charge in [-0.1, -0.05) is 23.7 Å². The van der Waals surface area contributed by atoms with Gasteiger partial charge in [-0.25, -0.2) is 4.98 Å². The van der Waals surface area contributed by atoms with Crippen LogP contribution in [0, 0.1) is 0 Å². The second kappa shape index (κ2) is 7.99. The highest BCUT2D eigenvalue weighted by molar-refractivity contribution is 6.30. The fourth-order valence-corrected chi connectivity index (χ4v) is 2.55. The van der Waals surface area contributed by atoms with Gasteiger partial charge in [-0.2, -0.15) is 0 Å². The molecule has 26 heavy (non-hydrogen) atoms. The number of hydrogen-bond donors (Lipinski definition) is 4. The van der Waals surface area contributed by atoms with E-state index < -0.39 is 24.5 Å². The number of aliphatic hydroxyl groups excluding tert-OH is 1. The molecule has 3 aromatic rings. The first-order valence-electron chi connectivity index (χ1n) is 7.94. The molecule has 134 valence electrons. The molecule has 2 aromatic carbocycles. The van der Waals surface area contributed by atoms with Crippen LogP contribution in [-0.4, -0.2) is 39.5 Å². The number of imidazole rings is 1. The molecule has 1 unspecified atom stereocenters. The molecule has 1 aromatic heterocycles. The molecule has 1 atom stereocenters. The second-order valence-electron chi connectivity index (χ2n) is 5.69. The first kappa shape index (κ1) is 17.9. The number of aromatic nitrogens is 2. The molecule has 0 aliphatic rings. The van der Waals surface area contributed by atoms with E-state index in [-0.39, 0.29) is 6.54 Å². The minimum absolute atomic E-state index is 0.266. The normalized spacial score (nSPS) is 11.9. The minimum Gasteiger partial charge on any atom is -0.394 e. The molecule has 1 heterocycles. The van der Waals surface area contributed by atoms with E-state index in [0.29, 0.717) is 16.1 Å². The molecule has 0 saturated heterocycles. The number of H-pyrrole nitrogens is 1. The average molecular weight is 373 g/mol. The molecule has 3 rings (SSSR count). The standard InChI is InChI=1S/C18H17ClN4O3/c19-13-4-1-11(2-5-13)8-20-18(26)16(9-24)23-17(25)12-3-6-14-15(7-12)22-10-21-14/h1-7,10,16,24H,8-9H2,(H,20,26)(H,21,22)(H,23,25). The molecule has 8 heteroatoms. The summed E-state index contributed by atoms with van der Waals surface area (Å²) in [5.74, 6) is -0.930. The van der Waals surface area contributed by atoms with Gasteiger partial charge in [-0.15, -0.1) is 0 Å². The summed E-state index contributed by atoms with van der Waals surface area (Å²) in [7, 11) is 0. The SMILES string of the molecule is O=C(NC(CO)C(=O)NCc1ccc(Cl)cc1)c1ccc2nc[nH]c2c1. The Bertz CT molecular complexity index is 924. The molecule has 0 aliphatic heterocycles. The minimum atomic E-state index is -1.05. The van der Waals surface area contributed by atoms with Gasteiger partial charge in [0.2, 0.25) is 5.91 Å². The lowest BCUT2D eigenvalue weighted by Gasteiger charge is -2.16. The maximum absolute atomic E-state index is 12.3. The predicted octanol–water partition coefficient (Wildman–Crippen LogP) is 1.62. The summed E-state index contributed by atoms with van der Waals surface area (Å²) in [5.41, 5.74) is 2.67. The van der Waals surface area contributed by atoms with Gasteiger partial charge >= 0.3 is 0 Å². The molecule has 0 fully saturated rings. The Morgan fingerprint density at radius 2 is 1.96 bits per heavy atom. The van der Waals surface area contributed by atoms with Crippen molar-refractivity contribution in [1.29, 1.82) is 0 Å². The van der Waals surface area contributed by atoms with E-state index in [4.69, 9.17) is 11.6 Å². The van der Waals surface area contributed by atoms with E-state index in [1.807, 2.05) is 0 Å². The lowest BCUT2D eigenvalue weighted by Crippen LogP contribution is -2.48. The van der Waals surface area contributed by atoms with Gasteiger partial charge in [0.05, 0.1) is 24.0 Å². The van der Waals surface area contributed by atoms with Gasteiger partial charge in [0.15, 0.2) is 0 Å². The summed E-state index contributed by atoms with van der Waals surface area (Å²) in [4.78, 5) is 31.6. The van der Waals surface area contributed by atoms with E-state index in [9.17, 15) is 14.7 Å². The van der Waals surface area contributed by atoms with Gasteiger partial charge in [-0.3, -0.25) is 9.59 Å². The van der Waals surface area contributed by atoms with Gasteiger partial charge in [0, 0.05) is 17.1 Å². The number of fused-ring (bicyclic) bond motifs is 1. The van der Waals surface area contributed by atoms with Crippen LogP contribution in [0.3, 0.4) is 0 Å². The lowest BCUT2D eigenvalue weighted by molar-refractivity contribution is -0.124. The fraction of sp³-hybridized carbons (Fsp3) is 0.167. The zero-order chi connectivity index (χ0) is 18.5. The number of nitrogens with zero attached hydrogens (tertiary/aromatic N) is 1. The van der Waals surface area contributed by atoms with Crippen molar-refractivity contribution in [2.75, 3.05) is 6.61 Å². The van der Waals surface area contributed by atoms with Gasteiger partial charge < -0.3 is 20.7 Å². The highest BCUT2D eigenvalue weighted by Crippen LogP contribution is 2.12. The number of rotatable bonds is 6. The molecule has 0 saturated carbocycles. The molecule has 4 N–H and O–H groups in total. The Kier molecular flexibility index (Phi) is 5.50. The number of hydrogen-bond acceptors (Lipinski definition) is 4. The largest absolute Gasteiger partial charge is 0.394 e. The number of carbonyl (C=O) groups is 2. The van der Waals surface area contributed by atoms with Crippen LogP contribution in [0.4, 0.5) is 0 Å². The third-order valence-corrected chi connectivity index (χ3v) is 4.12. The Labute approximate surface area is 154 Å².